The highest BCUT2D eigenvalue weighted by Crippen LogP contribution is 2.21. The van der Waals surface area contributed by atoms with Gasteiger partial charge in [-0.15, -0.1) is 0 Å². The number of H-pyrrole nitrogens is 1. The number of imidazole rings is 1. The van der Waals surface area contributed by atoms with Gasteiger partial charge in [0.25, 0.3) is 5.91 Å². The van der Waals surface area contributed by atoms with Crippen LogP contribution in [0.4, 0.5) is 0 Å². The molecule has 3 aromatic rings. The molecule has 0 aromatic carbocycles. The van der Waals surface area contributed by atoms with E-state index in [1.165, 1.54) is 0 Å². The topological polar surface area (TPSA) is 66.3 Å². The number of rotatable bonds is 3. The van der Waals surface area contributed by atoms with Crippen molar-refractivity contribution in [2.24, 2.45) is 5.92 Å². The standard InChI is InChI=1S/C18H21N5O/c1-13-4-5-17-20-16(12-23(17)10-13)18(24)22-8-2-3-14(11-22)9-15-6-7-19-21-15/h4-7,10,12,14H,2-3,8-9,11H2,1H3,(H,19,21)/t14-/m0/s1. The Balaban J connectivity index is 1.50. The van der Waals surface area contributed by atoms with Crippen LogP contribution in [0.2, 0.25) is 0 Å². The SMILES string of the molecule is Cc1ccc2nc(C(=O)N3CCC[C@@H](Cc4ccn[nH]4)C3)cn2c1. The summed E-state index contributed by atoms with van der Waals surface area (Å²) in [6.07, 6.45) is 8.73. The molecule has 124 valence electrons. The largest absolute Gasteiger partial charge is 0.337 e. The van der Waals surface area contributed by atoms with Gasteiger partial charge in [0.1, 0.15) is 11.3 Å². The molecule has 1 aliphatic rings. The Bertz CT molecular complexity index is 852. The molecule has 1 aliphatic heterocycles. The van der Waals surface area contributed by atoms with Crippen LogP contribution in [-0.2, 0) is 6.42 Å². The second-order valence-electron chi connectivity index (χ2n) is 6.64. The van der Waals surface area contributed by atoms with Gasteiger partial charge in [-0.3, -0.25) is 9.89 Å². The number of hydrogen-bond acceptors (Lipinski definition) is 3. The third-order valence-corrected chi connectivity index (χ3v) is 4.69. The van der Waals surface area contributed by atoms with E-state index in [-0.39, 0.29) is 5.91 Å². The summed E-state index contributed by atoms with van der Waals surface area (Å²) in [7, 11) is 0. The summed E-state index contributed by atoms with van der Waals surface area (Å²) in [6, 6.07) is 5.96. The van der Waals surface area contributed by atoms with Gasteiger partial charge in [-0.25, -0.2) is 4.98 Å². The number of hydrogen-bond donors (Lipinski definition) is 1. The first-order chi connectivity index (χ1) is 11.7. The predicted octanol–water partition coefficient (Wildman–Crippen LogP) is 2.46. The second kappa shape index (κ2) is 6.11. The van der Waals surface area contributed by atoms with Crippen molar-refractivity contribution in [1.82, 2.24) is 24.5 Å². The highest BCUT2D eigenvalue weighted by Gasteiger charge is 2.26. The Kier molecular flexibility index (Phi) is 3.80. The lowest BCUT2D eigenvalue weighted by Gasteiger charge is -2.32. The smallest absolute Gasteiger partial charge is 0.274 e. The van der Waals surface area contributed by atoms with Gasteiger partial charge in [-0.2, -0.15) is 5.10 Å². The zero-order valence-electron chi connectivity index (χ0n) is 13.8. The van der Waals surface area contributed by atoms with Crippen molar-refractivity contribution in [2.75, 3.05) is 13.1 Å². The number of carbonyl (C=O) groups is 1. The van der Waals surface area contributed by atoms with E-state index in [1.807, 2.05) is 46.8 Å². The van der Waals surface area contributed by atoms with Crippen LogP contribution in [0.3, 0.4) is 0 Å². The van der Waals surface area contributed by atoms with Crippen LogP contribution in [0, 0.1) is 12.8 Å². The van der Waals surface area contributed by atoms with Gasteiger partial charge in [-0.05, 0) is 49.8 Å². The number of pyridine rings is 1. The lowest BCUT2D eigenvalue weighted by molar-refractivity contribution is 0.0667. The molecular formula is C18H21N5O. The minimum absolute atomic E-state index is 0.0330. The number of carbonyl (C=O) groups excluding carboxylic acids is 1. The first kappa shape index (κ1) is 14.9. The van der Waals surface area contributed by atoms with E-state index in [9.17, 15) is 4.79 Å². The molecule has 4 rings (SSSR count). The van der Waals surface area contributed by atoms with Gasteiger partial charge in [0.15, 0.2) is 0 Å². The number of amides is 1. The first-order valence-corrected chi connectivity index (χ1v) is 8.42. The highest BCUT2D eigenvalue weighted by atomic mass is 16.2. The first-order valence-electron chi connectivity index (χ1n) is 8.42. The highest BCUT2D eigenvalue weighted by molar-refractivity contribution is 5.93. The van der Waals surface area contributed by atoms with Crippen LogP contribution in [0.15, 0.2) is 36.8 Å². The molecule has 6 heteroatoms. The van der Waals surface area contributed by atoms with E-state index in [4.69, 9.17) is 0 Å². The molecule has 24 heavy (non-hydrogen) atoms. The van der Waals surface area contributed by atoms with Crippen LogP contribution < -0.4 is 0 Å². The molecule has 1 amide bonds. The number of likely N-dealkylation sites (tertiary alicyclic amines) is 1. The number of nitrogens with one attached hydrogen (secondary N) is 1. The third kappa shape index (κ3) is 2.91. The molecule has 1 fully saturated rings. The van der Waals surface area contributed by atoms with Crippen molar-refractivity contribution < 1.29 is 4.79 Å². The molecule has 1 N–H and O–H groups in total. The van der Waals surface area contributed by atoms with Crippen LogP contribution in [-0.4, -0.2) is 43.5 Å². The summed E-state index contributed by atoms with van der Waals surface area (Å²) in [4.78, 5) is 19.3. The van der Waals surface area contributed by atoms with Gasteiger partial charge >= 0.3 is 0 Å². The van der Waals surface area contributed by atoms with Gasteiger partial charge in [-0.1, -0.05) is 6.07 Å². The van der Waals surface area contributed by atoms with E-state index in [2.05, 4.69) is 15.2 Å². The van der Waals surface area contributed by atoms with Crippen molar-refractivity contribution in [1.29, 1.82) is 0 Å². The monoisotopic (exact) mass is 323 g/mol. The molecule has 0 radical (unpaired) electrons. The number of aromatic nitrogens is 4. The Morgan fingerprint density at radius 1 is 1.33 bits per heavy atom. The van der Waals surface area contributed by atoms with Crippen LogP contribution >= 0.6 is 0 Å². The maximum Gasteiger partial charge on any atom is 0.274 e. The molecule has 1 saturated heterocycles. The molecule has 6 nitrogen and oxygen atoms in total. The Hall–Kier alpha value is -2.63. The van der Waals surface area contributed by atoms with E-state index >= 15 is 0 Å². The molecule has 0 saturated carbocycles. The van der Waals surface area contributed by atoms with Gasteiger partial charge in [0.2, 0.25) is 0 Å². The fourth-order valence-electron chi connectivity index (χ4n) is 3.49. The maximum atomic E-state index is 12.8. The lowest BCUT2D eigenvalue weighted by atomic mass is 9.93. The Morgan fingerprint density at radius 2 is 2.25 bits per heavy atom. The quantitative estimate of drug-likeness (QED) is 0.805. The number of aromatic amines is 1. The molecular weight excluding hydrogens is 302 g/mol. The van der Waals surface area contributed by atoms with Crippen molar-refractivity contribution in [3.05, 3.63) is 53.7 Å². The van der Waals surface area contributed by atoms with Crippen molar-refractivity contribution in [3.63, 3.8) is 0 Å². The van der Waals surface area contributed by atoms with Gasteiger partial charge < -0.3 is 9.30 Å². The van der Waals surface area contributed by atoms with Crippen molar-refractivity contribution >= 4 is 11.6 Å². The lowest BCUT2D eigenvalue weighted by Crippen LogP contribution is -2.40. The summed E-state index contributed by atoms with van der Waals surface area (Å²) in [6.45, 7) is 3.63. The van der Waals surface area contributed by atoms with Crippen LogP contribution in [0.25, 0.3) is 5.65 Å². The van der Waals surface area contributed by atoms with Gasteiger partial charge in [0, 0.05) is 37.4 Å². The molecule has 1 atom stereocenters. The number of fused-ring (bicyclic) bond motifs is 1. The third-order valence-electron chi connectivity index (χ3n) is 4.69. The van der Waals surface area contributed by atoms with E-state index in [1.54, 1.807) is 6.20 Å². The Morgan fingerprint density at radius 3 is 3.08 bits per heavy atom. The maximum absolute atomic E-state index is 12.8. The molecule has 0 unspecified atom stereocenters. The fraction of sp³-hybridized carbons (Fsp3) is 0.389. The number of nitrogens with zero attached hydrogens (tertiary/aromatic N) is 4. The van der Waals surface area contributed by atoms with E-state index in [0.717, 1.165) is 49.3 Å². The fourth-order valence-corrected chi connectivity index (χ4v) is 3.49. The molecule has 3 aromatic heterocycles. The average Bonchev–Trinajstić information content (AvgIpc) is 3.23. The summed E-state index contributed by atoms with van der Waals surface area (Å²) in [5, 5.41) is 7.02. The minimum Gasteiger partial charge on any atom is -0.337 e. The Labute approximate surface area is 140 Å². The zero-order valence-corrected chi connectivity index (χ0v) is 13.8. The molecule has 0 bridgehead atoms. The van der Waals surface area contributed by atoms with Crippen molar-refractivity contribution in [3.8, 4) is 0 Å². The van der Waals surface area contributed by atoms with E-state index in [0.29, 0.717) is 11.6 Å². The normalized spacial score (nSPS) is 18.2. The van der Waals surface area contributed by atoms with Crippen LogP contribution in [0.5, 0.6) is 0 Å². The molecule has 0 aliphatic carbocycles. The summed E-state index contributed by atoms with van der Waals surface area (Å²) in [5.74, 6) is 0.507. The second-order valence-corrected chi connectivity index (χ2v) is 6.64. The summed E-state index contributed by atoms with van der Waals surface area (Å²) < 4.78 is 1.93. The van der Waals surface area contributed by atoms with Crippen molar-refractivity contribution in [2.45, 2.75) is 26.2 Å². The zero-order chi connectivity index (χ0) is 16.5. The average molecular weight is 323 g/mol. The summed E-state index contributed by atoms with van der Waals surface area (Å²) in [5.41, 5.74) is 3.63. The summed E-state index contributed by atoms with van der Waals surface area (Å²) >= 11 is 0. The van der Waals surface area contributed by atoms with Crippen LogP contribution in [0.1, 0.15) is 34.6 Å². The number of piperidine rings is 1. The molecule has 0 spiro atoms. The van der Waals surface area contributed by atoms with E-state index < -0.39 is 0 Å². The van der Waals surface area contributed by atoms with Gasteiger partial charge in [0.05, 0.1) is 0 Å². The predicted molar refractivity (Wildman–Crippen MR) is 90.8 cm³/mol. The molecule has 4 heterocycles. The number of aryl methyl sites for hydroxylation is 1. The minimum atomic E-state index is 0.0330.